The van der Waals surface area contributed by atoms with Gasteiger partial charge in [0.1, 0.15) is 23.4 Å². The predicted molar refractivity (Wildman–Crippen MR) is 150 cm³/mol. The number of amides is 4. The molecule has 0 aromatic heterocycles. The molecule has 1 aliphatic carbocycles. The third-order valence-corrected chi connectivity index (χ3v) is 6.79. The highest BCUT2D eigenvalue weighted by Crippen LogP contribution is 2.38. The van der Waals surface area contributed by atoms with Crippen LogP contribution in [0.15, 0.2) is 48.5 Å². The molecule has 10 heteroatoms. The second kappa shape index (κ2) is 13.3. The van der Waals surface area contributed by atoms with Crippen LogP contribution < -0.4 is 16.4 Å². The van der Waals surface area contributed by atoms with Crippen LogP contribution in [0.25, 0.3) is 0 Å². The summed E-state index contributed by atoms with van der Waals surface area (Å²) in [5, 5.41) is 16.5. The molecule has 2 aromatic rings. The van der Waals surface area contributed by atoms with Crippen molar-refractivity contribution in [1.29, 1.82) is 0 Å². The van der Waals surface area contributed by atoms with E-state index in [1.807, 2.05) is 30.3 Å². The molecule has 3 rings (SSSR count). The Kier molecular flexibility index (Phi) is 10.1. The minimum absolute atomic E-state index is 0.0746. The standard InChI is InChI=1S/C30H40N4O6/c1-19-10-8-15-22(26(19)36)25(27(37)32-18-20-11-6-5-7-12-20)34(21-13-9-14-21)28(38)23(16-17-24(31)35)33-29(39)40-30(2,3)4/h5-8,10-12,15,21,23,25,36H,9,13-14,16-18H2,1-4H3,(H2,31,35)(H,32,37)(H,33,39). The number of rotatable bonds is 11. The van der Waals surface area contributed by atoms with E-state index in [2.05, 4.69) is 10.6 Å². The number of nitrogens with one attached hydrogen (secondary N) is 2. The van der Waals surface area contributed by atoms with E-state index in [0.717, 1.165) is 12.0 Å². The number of nitrogens with two attached hydrogens (primary N) is 1. The SMILES string of the molecule is Cc1cccc(C(C(=O)NCc2ccccc2)N(C(=O)C(CCC(N)=O)NC(=O)OC(C)(C)C)C2CCC2)c1O. The molecule has 0 saturated heterocycles. The number of carbonyl (C=O) groups excluding carboxylic acids is 4. The molecule has 1 saturated carbocycles. The number of para-hydroxylation sites is 1. The Balaban J connectivity index is 2.01. The van der Waals surface area contributed by atoms with Crippen molar-refractivity contribution >= 4 is 23.8 Å². The first-order valence-electron chi connectivity index (χ1n) is 13.6. The van der Waals surface area contributed by atoms with Crippen LogP contribution in [-0.4, -0.2) is 51.5 Å². The fourth-order valence-electron chi connectivity index (χ4n) is 4.56. The normalized spacial score (nSPS) is 14.8. The number of aromatic hydroxyl groups is 1. The molecule has 0 radical (unpaired) electrons. The van der Waals surface area contributed by atoms with Gasteiger partial charge in [-0.3, -0.25) is 14.4 Å². The van der Waals surface area contributed by atoms with Gasteiger partial charge in [0, 0.05) is 24.6 Å². The third kappa shape index (κ3) is 8.21. The highest BCUT2D eigenvalue weighted by Gasteiger charge is 2.43. The molecule has 0 bridgehead atoms. The molecule has 0 aliphatic heterocycles. The van der Waals surface area contributed by atoms with Gasteiger partial charge in [0.25, 0.3) is 0 Å². The highest BCUT2D eigenvalue weighted by atomic mass is 16.6. The summed E-state index contributed by atoms with van der Waals surface area (Å²) in [6, 6.07) is 11.7. The first-order valence-corrected chi connectivity index (χ1v) is 13.6. The van der Waals surface area contributed by atoms with Gasteiger partial charge in [-0.15, -0.1) is 0 Å². The lowest BCUT2D eigenvalue weighted by Crippen LogP contribution is -2.57. The van der Waals surface area contributed by atoms with Gasteiger partial charge < -0.3 is 31.1 Å². The lowest BCUT2D eigenvalue weighted by Gasteiger charge is -2.43. The molecule has 0 heterocycles. The van der Waals surface area contributed by atoms with Crippen LogP contribution in [0.5, 0.6) is 5.75 Å². The van der Waals surface area contributed by atoms with Crippen molar-refractivity contribution in [3.8, 4) is 5.75 Å². The zero-order valence-corrected chi connectivity index (χ0v) is 23.6. The molecule has 216 valence electrons. The summed E-state index contributed by atoms with van der Waals surface area (Å²) in [5.74, 6) is -1.76. The third-order valence-electron chi connectivity index (χ3n) is 6.79. The van der Waals surface area contributed by atoms with Crippen LogP contribution >= 0.6 is 0 Å². The molecule has 0 spiro atoms. The molecule has 1 fully saturated rings. The van der Waals surface area contributed by atoms with Crippen molar-refractivity contribution in [1.82, 2.24) is 15.5 Å². The van der Waals surface area contributed by atoms with Crippen molar-refractivity contribution in [2.24, 2.45) is 5.73 Å². The molecule has 40 heavy (non-hydrogen) atoms. The zero-order chi connectivity index (χ0) is 29.4. The maximum Gasteiger partial charge on any atom is 0.408 e. The Hall–Kier alpha value is -4.08. The van der Waals surface area contributed by atoms with E-state index in [1.54, 1.807) is 45.9 Å². The molecule has 1 aliphatic rings. The van der Waals surface area contributed by atoms with E-state index < -0.39 is 41.5 Å². The summed E-state index contributed by atoms with van der Waals surface area (Å²) < 4.78 is 5.36. The topological polar surface area (TPSA) is 151 Å². The summed E-state index contributed by atoms with van der Waals surface area (Å²) in [5.41, 5.74) is 6.25. The van der Waals surface area contributed by atoms with Gasteiger partial charge in [-0.2, -0.15) is 0 Å². The number of ether oxygens (including phenoxy) is 1. The fraction of sp³-hybridized carbons (Fsp3) is 0.467. The largest absolute Gasteiger partial charge is 0.507 e. The molecular weight excluding hydrogens is 512 g/mol. The number of nitrogens with zero attached hydrogens (tertiary/aromatic N) is 1. The van der Waals surface area contributed by atoms with Crippen molar-refractivity contribution < 1.29 is 29.0 Å². The first kappa shape index (κ1) is 30.5. The van der Waals surface area contributed by atoms with E-state index in [1.165, 1.54) is 4.90 Å². The average molecular weight is 553 g/mol. The molecule has 5 N–H and O–H groups in total. The van der Waals surface area contributed by atoms with Gasteiger partial charge in [-0.25, -0.2) is 4.79 Å². The lowest BCUT2D eigenvalue weighted by atomic mass is 9.87. The minimum Gasteiger partial charge on any atom is -0.507 e. The van der Waals surface area contributed by atoms with E-state index in [0.29, 0.717) is 18.4 Å². The second-order valence-corrected chi connectivity index (χ2v) is 11.2. The number of phenolic OH excluding ortho intramolecular Hbond substituents is 1. The second-order valence-electron chi connectivity index (χ2n) is 11.2. The number of primary amides is 1. The van der Waals surface area contributed by atoms with Crippen LogP contribution in [0.4, 0.5) is 4.79 Å². The van der Waals surface area contributed by atoms with Gasteiger partial charge in [-0.1, -0.05) is 48.5 Å². The molecule has 4 amide bonds. The van der Waals surface area contributed by atoms with Gasteiger partial charge in [0.05, 0.1) is 0 Å². The van der Waals surface area contributed by atoms with Gasteiger partial charge in [0.2, 0.25) is 17.7 Å². The van der Waals surface area contributed by atoms with Gasteiger partial charge >= 0.3 is 6.09 Å². The van der Waals surface area contributed by atoms with Crippen molar-refractivity contribution in [2.75, 3.05) is 0 Å². The van der Waals surface area contributed by atoms with Crippen molar-refractivity contribution in [3.05, 3.63) is 65.2 Å². The number of hydrogen-bond acceptors (Lipinski definition) is 6. The maximum atomic E-state index is 14.2. The molecule has 10 nitrogen and oxygen atoms in total. The summed E-state index contributed by atoms with van der Waals surface area (Å²) in [4.78, 5) is 53.9. The Labute approximate surface area is 235 Å². The zero-order valence-electron chi connectivity index (χ0n) is 23.6. The number of alkyl carbamates (subject to hydrolysis) is 1. The Bertz CT molecular complexity index is 1210. The number of aryl methyl sites for hydroxylation is 1. The lowest BCUT2D eigenvalue weighted by molar-refractivity contribution is -0.147. The Morgan fingerprint density at radius 2 is 1.75 bits per heavy atom. The number of hydrogen-bond donors (Lipinski definition) is 4. The molecule has 2 aromatic carbocycles. The molecule has 2 atom stereocenters. The number of carbonyl (C=O) groups is 4. The predicted octanol–water partition coefficient (Wildman–Crippen LogP) is 3.60. The monoisotopic (exact) mass is 552 g/mol. The quantitative estimate of drug-likeness (QED) is 0.334. The number of phenols is 1. The van der Waals surface area contributed by atoms with E-state index in [-0.39, 0.29) is 36.7 Å². The van der Waals surface area contributed by atoms with Crippen LogP contribution in [-0.2, 0) is 25.7 Å². The summed E-state index contributed by atoms with van der Waals surface area (Å²) in [7, 11) is 0. The molecular formula is C30H40N4O6. The minimum atomic E-state index is -1.18. The van der Waals surface area contributed by atoms with E-state index in [4.69, 9.17) is 10.5 Å². The summed E-state index contributed by atoms with van der Waals surface area (Å²) in [6.07, 6.45) is 1.09. The van der Waals surface area contributed by atoms with E-state index >= 15 is 0 Å². The smallest absolute Gasteiger partial charge is 0.408 e. The first-order chi connectivity index (χ1) is 18.9. The Morgan fingerprint density at radius 1 is 1.07 bits per heavy atom. The van der Waals surface area contributed by atoms with Crippen LogP contribution in [0, 0.1) is 6.92 Å². The maximum absolute atomic E-state index is 14.2. The number of benzene rings is 2. The summed E-state index contributed by atoms with van der Waals surface area (Å²) in [6.45, 7) is 7.02. The Morgan fingerprint density at radius 3 is 2.33 bits per heavy atom. The van der Waals surface area contributed by atoms with Crippen LogP contribution in [0.1, 0.15) is 75.6 Å². The summed E-state index contributed by atoms with van der Waals surface area (Å²) >= 11 is 0. The molecule has 2 unspecified atom stereocenters. The van der Waals surface area contributed by atoms with E-state index in [9.17, 15) is 24.3 Å². The van der Waals surface area contributed by atoms with Crippen LogP contribution in [0.2, 0.25) is 0 Å². The highest BCUT2D eigenvalue weighted by molar-refractivity contribution is 5.93. The fourth-order valence-corrected chi connectivity index (χ4v) is 4.56. The van der Waals surface area contributed by atoms with Crippen molar-refractivity contribution in [2.45, 2.75) is 90.1 Å². The van der Waals surface area contributed by atoms with Gasteiger partial charge in [-0.05, 0) is 64.5 Å². The van der Waals surface area contributed by atoms with Gasteiger partial charge in [0.15, 0.2) is 0 Å². The van der Waals surface area contributed by atoms with Crippen molar-refractivity contribution in [3.63, 3.8) is 0 Å². The van der Waals surface area contributed by atoms with Crippen LogP contribution in [0.3, 0.4) is 0 Å². The average Bonchev–Trinajstić information content (AvgIpc) is 2.85.